The molecule has 2 rings (SSSR count). The Bertz CT molecular complexity index is 488. The summed E-state index contributed by atoms with van der Waals surface area (Å²) in [7, 11) is 0. The van der Waals surface area contributed by atoms with Crippen LogP contribution < -0.4 is 16.0 Å². The van der Waals surface area contributed by atoms with Crippen LogP contribution >= 0.6 is 0 Å². The number of piperidine rings is 1. The number of carbonyl (C=O) groups is 3. The number of ether oxygens (including phenoxy) is 1. The van der Waals surface area contributed by atoms with Crippen molar-refractivity contribution >= 4 is 17.9 Å². The minimum atomic E-state index is -0.253. The first kappa shape index (κ1) is 18.5. The van der Waals surface area contributed by atoms with Gasteiger partial charge < -0.3 is 20.7 Å². The van der Waals surface area contributed by atoms with E-state index in [0.717, 1.165) is 19.3 Å². The lowest BCUT2D eigenvalue weighted by Crippen LogP contribution is -2.69. The van der Waals surface area contributed by atoms with Crippen molar-refractivity contribution in [3.8, 4) is 0 Å². The maximum atomic E-state index is 12.2. The molecule has 0 bridgehead atoms. The zero-order valence-corrected chi connectivity index (χ0v) is 14.8. The summed E-state index contributed by atoms with van der Waals surface area (Å²) in [6.07, 6.45) is 4.73. The fourth-order valence-corrected chi connectivity index (χ4v) is 3.37. The van der Waals surface area contributed by atoms with Crippen LogP contribution in [0.5, 0.6) is 0 Å². The van der Waals surface area contributed by atoms with Crippen LogP contribution in [0.1, 0.15) is 65.7 Å². The first-order chi connectivity index (χ1) is 11.3. The Morgan fingerprint density at radius 2 is 2.04 bits per heavy atom. The Morgan fingerprint density at radius 1 is 1.33 bits per heavy atom. The van der Waals surface area contributed by atoms with Gasteiger partial charge in [0.15, 0.2) is 0 Å². The molecule has 1 saturated heterocycles. The molecule has 136 valence electrons. The van der Waals surface area contributed by atoms with Crippen molar-refractivity contribution in [2.45, 2.75) is 89.4 Å². The van der Waals surface area contributed by atoms with E-state index in [0.29, 0.717) is 19.3 Å². The number of urea groups is 1. The molecule has 1 heterocycles. The van der Waals surface area contributed by atoms with E-state index >= 15 is 0 Å². The van der Waals surface area contributed by atoms with Crippen LogP contribution in [0.25, 0.3) is 0 Å². The van der Waals surface area contributed by atoms with Crippen molar-refractivity contribution in [3.63, 3.8) is 0 Å². The van der Waals surface area contributed by atoms with E-state index in [9.17, 15) is 14.4 Å². The fraction of sp³-hybridized carbons (Fsp3) is 0.824. The molecule has 1 spiro atoms. The van der Waals surface area contributed by atoms with Crippen LogP contribution in [0.2, 0.25) is 0 Å². The van der Waals surface area contributed by atoms with E-state index in [2.05, 4.69) is 16.0 Å². The number of hydrogen-bond donors (Lipinski definition) is 3. The molecule has 0 aromatic rings. The summed E-state index contributed by atoms with van der Waals surface area (Å²) in [5.41, 5.74) is -0.253. The lowest BCUT2D eigenvalue weighted by atomic mass is 9.68. The van der Waals surface area contributed by atoms with Crippen molar-refractivity contribution in [1.82, 2.24) is 16.0 Å². The lowest BCUT2D eigenvalue weighted by Gasteiger charge is -2.50. The highest BCUT2D eigenvalue weighted by Crippen LogP contribution is 2.38. The van der Waals surface area contributed by atoms with Crippen molar-refractivity contribution in [3.05, 3.63) is 0 Å². The number of amides is 3. The van der Waals surface area contributed by atoms with Gasteiger partial charge in [-0.3, -0.25) is 9.59 Å². The Kier molecular flexibility index (Phi) is 6.07. The molecule has 1 saturated carbocycles. The SMILES string of the molecule is CC(C)OC(=O)CC[C@H](C)NC(=O)N[C@H]1CCC(=O)NC12CCC2. The predicted octanol–water partition coefficient (Wildman–Crippen LogP) is 1.61. The second kappa shape index (κ2) is 7.85. The van der Waals surface area contributed by atoms with E-state index in [-0.39, 0.29) is 48.1 Å². The minimum absolute atomic E-state index is 0.0259. The first-order valence-electron chi connectivity index (χ1n) is 8.88. The third kappa shape index (κ3) is 4.85. The molecule has 2 fully saturated rings. The largest absolute Gasteiger partial charge is 0.463 e. The predicted molar refractivity (Wildman–Crippen MR) is 89.3 cm³/mol. The summed E-state index contributed by atoms with van der Waals surface area (Å²) in [6, 6.07) is -0.394. The normalized spacial score (nSPS) is 23.2. The van der Waals surface area contributed by atoms with Gasteiger partial charge in [0.05, 0.1) is 17.7 Å². The van der Waals surface area contributed by atoms with Gasteiger partial charge in [-0.05, 0) is 52.9 Å². The molecule has 1 aliphatic heterocycles. The van der Waals surface area contributed by atoms with Gasteiger partial charge in [0, 0.05) is 18.9 Å². The molecule has 2 atom stereocenters. The molecular weight excluding hydrogens is 310 g/mol. The maximum Gasteiger partial charge on any atom is 0.315 e. The molecule has 0 radical (unpaired) electrons. The van der Waals surface area contributed by atoms with Gasteiger partial charge in [0.2, 0.25) is 5.91 Å². The molecule has 3 N–H and O–H groups in total. The molecule has 0 aromatic heterocycles. The lowest BCUT2D eigenvalue weighted by molar-refractivity contribution is -0.147. The number of rotatable bonds is 6. The number of esters is 1. The average Bonchev–Trinajstić information content (AvgIpc) is 2.44. The van der Waals surface area contributed by atoms with Gasteiger partial charge in [-0.1, -0.05) is 0 Å². The first-order valence-corrected chi connectivity index (χ1v) is 8.88. The monoisotopic (exact) mass is 339 g/mol. The van der Waals surface area contributed by atoms with Gasteiger partial charge in [-0.2, -0.15) is 0 Å². The van der Waals surface area contributed by atoms with Crippen LogP contribution in [0.15, 0.2) is 0 Å². The molecule has 0 aromatic carbocycles. The number of nitrogens with one attached hydrogen (secondary N) is 3. The second-order valence-corrected chi connectivity index (χ2v) is 7.25. The van der Waals surface area contributed by atoms with Crippen LogP contribution in [0.3, 0.4) is 0 Å². The summed E-state index contributed by atoms with van der Waals surface area (Å²) in [5, 5.41) is 8.92. The summed E-state index contributed by atoms with van der Waals surface area (Å²) in [5.74, 6) is -0.173. The van der Waals surface area contributed by atoms with Gasteiger partial charge in [-0.15, -0.1) is 0 Å². The molecule has 1 aliphatic carbocycles. The summed E-state index contributed by atoms with van der Waals surface area (Å²) < 4.78 is 5.08. The molecule has 2 aliphatic rings. The molecule has 7 heteroatoms. The zero-order chi connectivity index (χ0) is 17.7. The van der Waals surface area contributed by atoms with Crippen LogP contribution in [-0.2, 0) is 14.3 Å². The smallest absolute Gasteiger partial charge is 0.315 e. The fourth-order valence-electron chi connectivity index (χ4n) is 3.37. The van der Waals surface area contributed by atoms with E-state index < -0.39 is 0 Å². The second-order valence-electron chi connectivity index (χ2n) is 7.25. The van der Waals surface area contributed by atoms with Gasteiger partial charge in [0.25, 0.3) is 0 Å². The highest BCUT2D eigenvalue weighted by Gasteiger charge is 2.48. The quantitative estimate of drug-likeness (QED) is 0.641. The van der Waals surface area contributed by atoms with Crippen molar-refractivity contribution < 1.29 is 19.1 Å². The molecule has 7 nitrogen and oxygen atoms in total. The molecule has 0 unspecified atom stereocenters. The highest BCUT2D eigenvalue weighted by molar-refractivity contribution is 5.80. The molecular formula is C17H29N3O4. The summed E-state index contributed by atoms with van der Waals surface area (Å²) in [4.78, 5) is 35.4. The third-order valence-electron chi connectivity index (χ3n) is 4.79. The Morgan fingerprint density at radius 3 is 2.62 bits per heavy atom. The van der Waals surface area contributed by atoms with Gasteiger partial charge >= 0.3 is 12.0 Å². The molecule has 24 heavy (non-hydrogen) atoms. The Labute approximate surface area is 143 Å². The van der Waals surface area contributed by atoms with Crippen molar-refractivity contribution in [1.29, 1.82) is 0 Å². The number of hydrogen-bond acceptors (Lipinski definition) is 4. The van der Waals surface area contributed by atoms with Crippen LogP contribution in [0, 0.1) is 0 Å². The van der Waals surface area contributed by atoms with Gasteiger partial charge in [-0.25, -0.2) is 4.79 Å². The number of carbonyl (C=O) groups excluding carboxylic acids is 3. The molecule has 3 amide bonds. The van der Waals surface area contributed by atoms with Crippen LogP contribution in [-0.4, -0.2) is 41.6 Å². The Balaban J connectivity index is 1.74. The van der Waals surface area contributed by atoms with E-state index in [1.165, 1.54) is 0 Å². The summed E-state index contributed by atoms with van der Waals surface area (Å²) in [6.45, 7) is 5.49. The Hall–Kier alpha value is -1.79. The van der Waals surface area contributed by atoms with E-state index in [1.807, 2.05) is 20.8 Å². The summed E-state index contributed by atoms with van der Waals surface area (Å²) >= 11 is 0. The third-order valence-corrected chi connectivity index (χ3v) is 4.79. The topological polar surface area (TPSA) is 96.5 Å². The minimum Gasteiger partial charge on any atom is -0.463 e. The van der Waals surface area contributed by atoms with Crippen molar-refractivity contribution in [2.24, 2.45) is 0 Å². The van der Waals surface area contributed by atoms with Crippen LogP contribution in [0.4, 0.5) is 4.79 Å². The maximum absolute atomic E-state index is 12.2. The zero-order valence-electron chi connectivity index (χ0n) is 14.8. The average molecular weight is 339 g/mol. The van der Waals surface area contributed by atoms with Gasteiger partial charge in [0.1, 0.15) is 0 Å². The highest BCUT2D eigenvalue weighted by atomic mass is 16.5. The van der Waals surface area contributed by atoms with E-state index in [4.69, 9.17) is 4.74 Å². The standard InChI is InChI=1S/C17H29N3O4/c1-11(2)24-15(22)8-5-12(3)18-16(23)19-13-6-7-14(21)20-17(13)9-4-10-17/h11-13H,4-10H2,1-3H3,(H,20,21)(H2,18,19,23)/t12-,13-/m0/s1. The van der Waals surface area contributed by atoms with E-state index in [1.54, 1.807) is 0 Å². The van der Waals surface area contributed by atoms with Crippen molar-refractivity contribution in [2.75, 3.05) is 0 Å².